The Morgan fingerprint density at radius 2 is 2.28 bits per heavy atom. The predicted molar refractivity (Wildman–Crippen MR) is 68.3 cm³/mol. The average Bonchev–Trinajstić information content (AvgIpc) is 2.33. The summed E-state index contributed by atoms with van der Waals surface area (Å²) < 4.78 is 0. The van der Waals surface area contributed by atoms with Crippen LogP contribution in [0.4, 0.5) is 5.82 Å². The number of aromatic nitrogens is 1. The summed E-state index contributed by atoms with van der Waals surface area (Å²) in [6, 6.07) is 3.93. The fraction of sp³-hybridized carbons (Fsp3) is 0.462. The number of nitrogens with zero attached hydrogens (tertiary/aromatic N) is 2. The quantitative estimate of drug-likeness (QED) is 0.722. The smallest absolute Gasteiger partial charge is 0.303 e. The van der Waals surface area contributed by atoms with Gasteiger partial charge in [-0.3, -0.25) is 4.79 Å². The molecule has 1 aromatic heterocycles. The Morgan fingerprint density at radius 3 is 2.94 bits per heavy atom. The van der Waals surface area contributed by atoms with Gasteiger partial charge in [-0.25, -0.2) is 4.98 Å². The Labute approximate surface area is 106 Å². The van der Waals surface area contributed by atoms with E-state index in [1.54, 1.807) is 12.3 Å². The van der Waals surface area contributed by atoms with E-state index in [0.29, 0.717) is 24.3 Å². The number of nitriles is 1. The molecule has 0 spiro atoms. The van der Waals surface area contributed by atoms with Crippen molar-refractivity contribution in [2.75, 3.05) is 11.9 Å². The molecule has 1 rings (SSSR count). The van der Waals surface area contributed by atoms with Gasteiger partial charge in [0.25, 0.3) is 0 Å². The van der Waals surface area contributed by atoms with Crippen molar-refractivity contribution in [1.29, 1.82) is 5.26 Å². The number of hydrogen-bond donors (Lipinski definition) is 2. The number of carboxylic acids is 1. The van der Waals surface area contributed by atoms with Gasteiger partial charge in [-0.05, 0) is 31.4 Å². The van der Waals surface area contributed by atoms with Crippen molar-refractivity contribution in [3.63, 3.8) is 0 Å². The third-order valence-corrected chi connectivity index (χ3v) is 2.63. The van der Waals surface area contributed by atoms with E-state index in [0.717, 1.165) is 18.4 Å². The Hall–Kier alpha value is -2.09. The van der Waals surface area contributed by atoms with Crippen LogP contribution < -0.4 is 5.32 Å². The lowest BCUT2D eigenvalue weighted by Crippen LogP contribution is -2.06. The van der Waals surface area contributed by atoms with Gasteiger partial charge in [-0.2, -0.15) is 5.26 Å². The van der Waals surface area contributed by atoms with Crippen molar-refractivity contribution in [3.05, 3.63) is 23.4 Å². The second kappa shape index (κ2) is 7.28. The molecule has 0 aromatic carbocycles. The Kier molecular flexibility index (Phi) is 5.65. The summed E-state index contributed by atoms with van der Waals surface area (Å²) in [7, 11) is 0. The van der Waals surface area contributed by atoms with E-state index in [1.165, 1.54) is 0 Å². The van der Waals surface area contributed by atoms with Gasteiger partial charge in [0, 0.05) is 19.2 Å². The van der Waals surface area contributed by atoms with Crippen molar-refractivity contribution >= 4 is 11.8 Å². The first-order valence-corrected chi connectivity index (χ1v) is 5.96. The summed E-state index contributed by atoms with van der Waals surface area (Å²) in [6.07, 6.45) is 4.29. The van der Waals surface area contributed by atoms with E-state index in [-0.39, 0.29) is 6.42 Å². The maximum absolute atomic E-state index is 10.3. The summed E-state index contributed by atoms with van der Waals surface area (Å²) in [5.74, 6) is -0.147. The van der Waals surface area contributed by atoms with E-state index in [1.807, 2.05) is 6.92 Å². The molecule has 0 aliphatic carbocycles. The van der Waals surface area contributed by atoms with E-state index in [9.17, 15) is 4.79 Å². The molecule has 5 nitrogen and oxygen atoms in total. The van der Waals surface area contributed by atoms with Crippen LogP contribution in [0, 0.1) is 18.3 Å². The molecule has 0 saturated heterocycles. The number of anilines is 1. The molecular formula is C13H17N3O2. The molecule has 0 bridgehead atoms. The largest absolute Gasteiger partial charge is 0.481 e. The van der Waals surface area contributed by atoms with Crippen LogP contribution in [0.25, 0.3) is 0 Å². The highest BCUT2D eigenvalue weighted by atomic mass is 16.4. The number of carboxylic acid groups (broad SMARTS) is 1. The normalized spacial score (nSPS) is 9.78. The minimum atomic E-state index is -0.755. The molecule has 1 heterocycles. The third kappa shape index (κ3) is 4.42. The molecule has 0 radical (unpaired) electrons. The van der Waals surface area contributed by atoms with Crippen LogP contribution in [0.15, 0.2) is 12.3 Å². The van der Waals surface area contributed by atoms with Crippen molar-refractivity contribution in [3.8, 4) is 6.07 Å². The van der Waals surface area contributed by atoms with Crippen LogP contribution in [0.1, 0.15) is 36.8 Å². The van der Waals surface area contributed by atoms with Crippen molar-refractivity contribution in [1.82, 2.24) is 4.98 Å². The number of hydrogen-bond acceptors (Lipinski definition) is 4. The minimum absolute atomic E-state index is 0.214. The highest BCUT2D eigenvalue weighted by molar-refractivity contribution is 5.66. The first-order valence-electron chi connectivity index (χ1n) is 5.96. The molecule has 0 unspecified atom stereocenters. The van der Waals surface area contributed by atoms with Crippen LogP contribution in [0.2, 0.25) is 0 Å². The molecule has 0 fully saturated rings. The second-order valence-electron chi connectivity index (χ2n) is 4.09. The van der Waals surface area contributed by atoms with Crippen LogP contribution in [-0.4, -0.2) is 22.6 Å². The van der Waals surface area contributed by atoms with Gasteiger partial charge in [0.1, 0.15) is 11.9 Å². The maximum Gasteiger partial charge on any atom is 0.303 e. The highest BCUT2D eigenvalue weighted by Crippen LogP contribution is 2.15. The van der Waals surface area contributed by atoms with E-state index >= 15 is 0 Å². The van der Waals surface area contributed by atoms with Crippen LogP contribution >= 0.6 is 0 Å². The molecule has 0 aliphatic heterocycles. The Bertz CT molecular complexity index is 452. The standard InChI is InChI=1S/C13H17N3O2/c1-10-6-8-16-13(11(10)9-14)15-7-4-2-3-5-12(17)18/h6,8H,2-5,7H2,1H3,(H,15,16)(H,17,18). The van der Waals surface area contributed by atoms with E-state index in [4.69, 9.17) is 10.4 Å². The zero-order valence-electron chi connectivity index (χ0n) is 10.4. The number of aliphatic carboxylic acids is 1. The maximum atomic E-state index is 10.3. The molecule has 2 N–H and O–H groups in total. The fourth-order valence-electron chi connectivity index (χ4n) is 1.62. The fourth-order valence-corrected chi connectivity index (χ4v) is 1.62. The molecule has 96 valence electrons. The lowest BCUT2D eigenvalue weighted by Gasteiger charge is -2.08. The number of rotatable bonds is 7. The topological polar surface area (TPSA) is 86.0 Å². The molecule has 0 atom stereocenters. The highest BCUT2D eigenvalue weighted by Gasteiger charge is 2.05. The zero-order valence-corrected chi connectivity index (χ0v) is 10.4. The SMILES string of the molecule is Cc1ccnc(NCCCCCC(=O)O)c1C#N. The summed E-state index contributed by atoms with van der Waals surface area (Å²) >= 11 is 0. The van der Waals surface area contributed by atoms with Gasteiger partial charge < -0.3 is 10.4 Å². The number of nitrogens with one attached hydrogen (secondary N) is 1. The van der Waals surface area contributed by atoms with Gasteiger partial charge in [0.15, 0.2) is 0 Å². The van der Waals surface area contributed by atoms with Crippen LogP contribution in [0.5, 0.6) is 0 Å². The third-order valence-electron chi connectivity index (χ3n) is 2.63. The predicted octanol–water partition coefficient (Wildman–Crippen LogP) is 2.32. The number of carbonyl (C=O) groups is 1. The van der Waals surface area contributed by atoms with Crippen LogP contribution in [-0.2, 0) is 4.79 Å². The molecule has 0 amide bonds. The minimum Gasteiger partial charge on any atom is -0.481 e. The van der Waals surface area contributed by atoms with Crippen molar-refractivity contribution in [2.45, 2.75) is 32.6 Å². The van der Waals surface area contributed by atoms with Gasteiger partial charge >= 0.3 is 5.97 Å². The van der Waals surface area contributed by atoms with Gasteiger partial charge in [-0.15, -0.1) is 0 Å². The number of aryl methyl sites for hydroxylation is 1. The summed E-state index contributed by atoms with van der Waals surface area (Å²) in [6.45, 7) is 2.57. The summed E-state index contributed by atoms with van der Waals surface area (Å²) in [5, 5.41) is 20.6. The number of pyridine rings is 1. The van der Waals surface area contributed by atoms with Gasteiger partial charge in [0.2, 0.25) is 0 Å². The molecule has 0 saturated carbocycles. The van der Waals surface area contributed by atoms with Crippen molar-refractivity contribution < 1.29 is 9.90 Å². The van der Waals surface area contributed by atoms with E-state index < -0.39 is 5.97 Å². The molecule has 5 heteroatoms. The average molecular weight is 247 g/mol. The Balaban J connectivity index is 2.34. The number of unbranched alkanes of at least 4 members (excludes halogenated alkanes) is 2. The van der Waals surface area contributed by atoms with Crippen LogP contribution in [0.3, 0.4) is 0 Å². The second-order valence-corrected chi connectivity index (χ2v) is 4.09. The molecular weight excluding hydrogens is 230 g/mol. The monoisotopic (exact) mass is 247 g/mol. The van der Waals surface area contributed by atoms with E-state index in [2.05, 4.69) is 16.4 Å². The molecule has 18 heavy (non-hydrogen) atoms. The summed E-state index contributed by atoms with van der Waals surface area (Å²) in [5.41, 5.74) is 1.48. The zero-order chi connectivity index (χ0) is 13.4. The summed E-state index contributed by atoms with van der Waals surface area (Å²) in [4.78, 5) is 14.4. The lowest BCUT2D eigenvalue weighted by atomic mass is 10.1. The first kappa shape index (κ1) is 14.0. The Morgan fingerprint density at radius 1 is 1.50 bits per heavy atom. The lowest BCUT2D eigenvalue weighted by molar-refractivity contribution is -0.137. The molecule has 1 aromatic rings. The molecule has 0 aliphatic rings. The van der Waals surface area contributed by atoms with Gasteiger partial charge in [0.05, 0.1) is 5.56 Å². The first-order chi connectivity index (χ1) is 8.65. The van der Waals surface area contributed by atoms with Crippen molar-refractivity contribution in [2.24, 2.45) is 0 Å². The van der Waals surface area contributed by atoms with Gasteiger partial charge in [-0.1, -0.05) is 6.42 Å².